The van der Waals surface area contributed by atoms with Gasteiger partial charge in [-0.3, -0.25) is 4.99 Å². The number of guanidine groups is 1. The largest absolute Gasteiger partial charge is 0.381 e. The van der Waals surface area contributed by atoms with Gasteiger partial charge in [-0.2, -0.15) is 0 Å². The second-order valence-corrected chi connectivity index (χ2v) is 7.32. The normalized spacial score (nSPS) is 16.8. The molecular weight excluding hydrogens is 469 g/mol. The summed E-state index contributed by atoms with van der Waals surface area (Å²) >= 11 is 0. The molecule has 1 rings (SSSR count). The molecule has 0 saturated carbocycles. The van der Waals surface area contributed by atoms with Crippen LogP contribution in [0.5, 0.6) is 0 Å². The molecule has 1 aliphatic rings. The highest BCUT2D eigenvalue weighted by Gasteiger charge is 2.15. The Morgan fingerprint density at radius 1 is 0.929 bits per heavy atom. The third-order valence-corrected chi connectivity index (χ3v) is 4.76. The maximum absolute atomic E-state index is 5.71. The zero-order chi connectivity index (χ0) is 19.4. The Labute approximate surface area is 190 Å². The van der Waals surface area contributed by atoms with E-state index in [4.69, 9.17) is 14.2 Å². The fourth-order valence-electron chi connectivity index (χ4n) is 3.03. The predicted molar refractivity (Wildman–Crippen MR) is 128 cm³/mol. The van der Waals surface area contributed by atoms with Crippen molar-refractivity contribution in [2.75, 3.05) is 59.8 Å². The molecule has 0 aromatic rings. The first-order valence-electron chi connectivity index (χ1n) is 11.0. The minimum absolute atomic E-state index is 0. The van der Waals surface area contributed by atoms with E-state index in [-0.39, 0.29) is 24.0 Å². The number of nitrogens with one attached hydrogen (secondary N) is 2. The van der Waals surface area contributed by atoms with Crippen LogP contribution >= 0.6 is 24.0 Å². The number of halogens is 1. The molecule has 168 valence electrons. The van der Waals surface area contributed by atoms with Crippen LogP contribution in [0, 0.1) is 5.92 Å². The summed E-state index contributed by atoms with van der Waals surface area (Å²) < 4.78 is 16.8. The zero-order valence-corrected chi connectivity index (χ0v) is 20.5. The van der Waals surface area contributed by atoms with Gasteiger partial charge in [0.15, 0.2) is 5.96 Å². The molecule has 28 heavy (non-hydrogen) atoms. The molecule has 0 radical (unpaired) electrons. The van der Waals surface area contributed by atoms with Crippen LogP contribution in [0.4, 0.5) is 0 Å². The standard InChI is InChI=1S/C21H43N3O3.HI/c1-3-4-5-6-7-8-14-25-15-9-12-23-21(22-2)24-13-10-16-26-18-20-11-17-27-19-20;/h20H,3-19H2,1-2H3,(H2,22,23,24);1H. The van der Waals surface area contributed by atoms with Gasteiger partial charge in [0.1, 0.15) is 0 Å². The van der Waals surface area contributed by atoms with Gasteiger partial charge in [-0.1, -0.05) is 39.0 Å². The Morgan fingerprint density at radius 2 is 1.57 bits per heavy atom. The molecule has 1 fully saturated rings. The Balaban J connectivity index is 0.00000729. The lowest BCUT2D eigenvalue weighted by Gasteiger charge is -2.12. The van der Waals surface area contributed by atoms with E-state index >= 15 is 0 Å². The van der Waals surface area contributed by atoms with Gasteiger partial charge in [-0.25, -0.2) is 0 Å². The van der Waals surface area contributed by atoms with E-state index in [1.807, 2.05) is 0 Å². The van der Waals surface area contributed by atoms with Crippen molar-refractivity contribution in [3.8, 4) is 0 Å². The Hall–Kier alpha value is -0.120. The number of aliphatic imine (C=N–C) groups is 1. The van der Waals surface area contributed by atoms with Gasteiger partial charge < -0.3 is 24.8 Å². The van der Waals surface area contributed by atoms with E-state index < -0.39 is 0 Å². The van der Waals surface area contributed by atoms with E-state index in [1.165, 1.54) is 38.5 Å². The van der Waals surface area contributed by atoms with Gasteiger partial charge in [-0.15, -0.1) is 24.0 Å². The summed E-state index contributed by atoms with van der Waals surface area (Å²) in [6.07, 6.45) is 11.0. The van der Waals surface area contributed by atoms with Crippen molar-refractivity contribution in [2.24, 2.45) is 10.9 Å². The molecule has 1 saturated heterocycles. The summed E-state index contributed by atoms with van der Waals surface area (Å²) in [7, 11) is 1.81. The topological polar surface area (TPSA) is 64.1 Å². The van der Waals surface area contributed by atoms with Crippen molar-refractivity contribution in [3.63, 3.8) is 0 Å². The minimum atomic E-state index is 0. The van der Waals surface area contributed by atoms with Gasteiger partial charge in [-0.05, 0) is 25.7 Å². The molecule has 2 N–H and O–H groups in total. The Kier molecular flexibility index (Phi) is 21.5. The summed E-state index contributed by atoms with van der Waals surface area (Å²) in [6.45, 7) is 9.08. The minimum Gasteiger partial charge on any atom is -0.381 e. The highest BCUT2D eigenvalue weighted by Crippen LogP contribution is 2.12. The van der Waals surface area contributed by atoms with Crippen molar-refractivity contribution < 1.29 is 14.2 Å². The van der Waals surface area contributed by atoms with E-state index in [1.54, 1.807) is 7.05 Å². The molecule has 1 heterocycles. The molecular formula is C21H44IN3O3. The number of rotatable bonds is 17. The van der Waals surface area contributed by atoms with Crippen LogP contribution in [0.15, 0.2) is 4.99 Å². The molecule has 7 heteroatoms. The van der Waals surface area contributed by atoms with Crippen LogP contribution in [0.1, 0.15) is 64.7 Å². The number of nitrogens with zero attached hydrogens (tertiary/aromatic N) is 1. The van der Waals surface area contributed by atoms with Crippen LogP contribution in [-0.2, 0) is 14.2 Å². The molecule has 0 amide bonds. The number of ether oxygens (including phenoxy) is 3. The average molecular weight is 514 g/mol. The molecule has 6 nitrogen and oxygen atoms in total. The Morgan fingerprint density at radius 3 is 2.21 bits per heavy atom. The summed E-state index contributed by atoms with van der Waals surface area (Å²) in [5.41, 5.74) is 0. The van der Waals surface area contributed by atoms with Gasteiger partial charge in [0.25, 0.3) is 0 Å². The smallest absolute Gasteiger partial charge is 0.190 e. The second kappa shape index (κ2) is 21.6. The third-order valence-electron chi connectivity index (χ3n) is 4.76. The van der Waals surface area contributed by atoms with E-state index in [0.29, 0.717) is 5.92 Å². The predicted octanol–water partition coefficient (Wildman–Crippen LogP) is 3.98. The number of unbranched alkanes of at least 4 members (excludes halogenated alkanes) is 5. The summed E-state index contributed by atoms with van der Waals surface area (Å²) in [5.74, 6) is 1.45. The summed E-state index contributed by atoms with van der Waals surface area (Å²) in [6, 6.07) is 0. The maximum Gasteiger partial charge on any atom is 0.190 e. The van der Waals surface area contributed by atoms with Gasteiger partial charge in [0.05, 0.1) is 13.2 Å². The average Bonchev–Trinajstić information content (AvgIpc) is 3.20. The van der Waals surface area contributed by atoms with Crippen molar-refractivity contribution >= 4 is 29.9 Å². The van der Waals surface area contributed by atoms with Crippen LogP contribution < -0.4 is 10.6 Å². The van der Waals surface area contributed by atoms with Crippen molar-refractivity contribution in [1.29, 1.82) is 0 Å². The van der Waals surface area contributed by atoms with Crippen LogP contribution in [0.2, 0.25) is 0 Å². The lowest BCUT2D eigenvalue weighted by atomic mass is 10.1. The lowest BCUT2D eigenvalue weighted by Crippen LogP contribution is -2.38. The summed E-state index contributed by atoms with van der Waals surface area (Å²) in [5, 5.41) is 6.66. The third kappa shape index (κ3) is 16.8. The fourth-order valence-corrected chi connectivity index (χ4v) is 3.03. The molecule has 0 spiro atoms. The van der Waals surface area contributed by atoms with E-state index in [9.17, 15) is 0 Å². The Bertz CT molecular complexity index is 354. The molecule has 1 atom stereocenters. The monoisotopic (exact) mass is 513 g/mol. The van der Waals surface area contributed by atoms with Gasteiger partial charge in [0, 0.05) is 52.5 Å². The number of hydrogen-bond donors (Lipinski definition) is 2. The van der Waals surface area contributed by atoms with Gasteiger partial charge in [0.2, 0.25) is 0 Å². The van der Waals surface area contributed by atoms with Gasteiger partial charge >= 0.3 is 0 Å². The fraction of sp³-hybridized carbons (Fsp3) is 0.952. The summed E-state index contributed by atoms with van der Waals surface area (Å²) in [4.78, 5) is 4.25. The SMILES string of the molecule is CCCCCCCCOCCCNC(=NC)NCCCOCC1CCOC1.I. The van der Waals surface area contributed by atoms with E-state index in [2.05, 4.69) is 22.5 Å². The quantitative estimate of drug-likeness (QED) is 0.133. The van der Waals surface area contributed by atoms with Crippen molar-refractivity contribution in [2.45, 2.75) is 64.7 Å². The lowest BCUT2D eigenvalue weighted by molar-refractivity contribution is 0.0888. The highest BCUT2D eigenvalue weighted by molar-refractivity contribution is 14.0. The molecule has 0 aromatic carbocycles. The van der Waals surface area contributed by atoms with Crippen molar-refractivity contribution in [1.82, 2.24) is 10.6 Å². The van der Waals surface area contributed by atoms with Crippen LogP contribution in [0.3, 0.4) is 0 Å². The first kappa shape index (κ1) is 27.9. The second-order valence-electron chi connectivity index (χ2n) is 7.32. The van der Waals surface area contributed by atoms with Crippen LogP contribution in [-0.4, -0.2) is 65.7 Å². The van der Waals surface area contributed by atoms with Crippen molar-refractivity contribution in [3.05, 3.63) is 0 Å². The molecule has 1 unspecified atom stereocenters. The molecule has 0 aliphatic carbocycles. The molecule has 1 aliphatic heterocycles. The van der Waals surface area contributed by atoms with Crippen LogP contribution in [0.25, 0.3) is 0 Å². The number of hydrogen-bond acceptors (Lipinski definition) is 4. The zero-order valence-electron chi connectivity index (χ0n) is 18.2. The molecule has 0 aromatic heterocycles. The first-order chi connectivity index (χ1) is 13.4. The highest BCUT2D eigenvalue weighted by atomic mass is 127. The van der Waals surface area contributed by atoms with E-state index in [0.717, 1.165) is 78.0 Å². The molecule has 0 bridgehead atoms. The first-order valence-corrected chi connectivity index (χ1v) is 11.0. The maximum atomic E-state index is 5.71.